The zero-order valence-electron chi connectivity index (χ0n) is 9.30. The van der Waals surface area contributed by atoms with E-state index in [1.54, 1.807) is 0 Å². The number of halogens is 2. The Morgan fingerprint density at radius 3 is 2.84 bits per heavy atom. The van der Waals surface area contributed by atoms with Crippen molar-refractivity contribution in [2.45, 2.75) is 10.6 Å². The van der Waals surface area contributed by atoms with Crippen LogP contribution in [-0.4, -0.2) is 20.3 Å². The van der Waals surface area contributed by atoms with Gasteiger partial charge < -0.3 is 5.11 Å². The molecule has 1 N–H and O–H groups in total. The normalized spacial score (nSPS) is 12.3. The van der Waals surface area contributed by atoms with Crippen molar-refractivity contribution in [2.24, 2.45) is 0 Å². The summed E-state index contributed by atoms with van der Waals surface area (Å²) < 4.78 is 25.0. The smallest absolute Gasteiger partial charge is 0.365 e. The van der Waals surface area contributed by atoms with Crippen LogP contribution in [0.1, 0.15) is 15.5 Å². The first-order valence-corrected chi connectivity index (χ1v) is 7.56. The van der Waals surface area contributed by atoms with E-state index in [2.05, 4.69) is 4.98 Å². The molecule has 1 aromatic heterocycles. The maximum absolute atomic E-state index is 13.0. The quantitative estimate of drug-likeness (QED) is 0.941. The van der Waals surface area contributed by atoms with Crippen LogP contribution >= 0.6 is 22.9 Å². The van der Waals surface area contributed by atoms with E-state index in [0.717, 1.165) is 17.4 Å². The van der Waals surface area contributed by atoms with E-state index in [4.69, 9.17) is 16.7 Å². The summed E-state index contributed by atoms with van der Waals surface area (Å²) in [5.41, 5.74) is 0.418. The van der Waals surface area contributed by atoms with Crippen LogP contribution in [-0.2, 0) is 16.6 Å². The predicted octanol–water partition coefficient (Wildman–Crippen LogP) is 2.94. The van der Waals surface area contributed by atoms with E-state index in [1.807, 2.05) is 0 Å². The molecule has 0 aliphatic heterocycles. The standard InChI is InChI=1S/C11H7ClFNO3S2/c12-8-3-7(1-2-9(8)13)19(17)5-6-4-18-10(14-6)11(15)16/h1-4H,5H2,(H,15,16). The molecular formula is C11H7ClFNO3S2. The number of carboxylic acid groups (broad SMARTS) is 1. The van der Waals surface area contributed by atoms with Crippen LogP contribution in [0.2, 0.25) is 5.02 Å². The first-order valence-electron chi connectivity index (χ1n) is 4.98. The molecule has 4 nitrogen and oxygen atoms in total. The SMILES string of the molecule is O=C(O)c1nc(CS(=O)c2ccc(F)c(Cl)c2)cs1. The van der Waals surface area contributed by atoms with Crippen molar-refractivity contribution in [1.82, 2.24) is 4.98 Å². The van der Waals surface area contributed by atoms with Crippen molar-refractivity contribution in [1.29, 1.82) is 0 Å². The van der Waals surface area contributed by atoms with Gasteiger partial charge in [-0.25, -0.2) is 14.2 Å². The summed E-state index contributed by atoms with van der Waals surface area (Å²) in [6.45, 7) is 0. The number of thiazole rings is 1. The van der Waals surface area contributed by atoms with Crippen molar-refractivity contribution in [3.8, 4) is 0 Å². The number of carbonyl (C=O) groups is 1. The first-order chi connectivity index (χ1) is 8.97. The highest BCUT2D eigenvalue weighted by molar-refractivity contribution is 7.84. The number of hydrogen-bond acceptors (Lipinski definition) is 4. The predicted molar refractivity (Wildman–Crippen MR) is 70.6 cm³/mol. The molecule has 1 atom stereocenters. The number of aromatic carboxylic acids is 1. The second-order valence-electron chi connectivity index (χ2n) is 3.51. The maximum atomic E-state index is 13.0. The summed E-state index contributed by atoms with van der Waals surface area (Å²) in [5.74, 6) is -1.64. The molecule has 0 aliphatic carbocycles. The van der Waals surface area contributed by atoms with Crippen molar-refractivity contribution >= 4 is 39.7 Å². The molecule has 100 valence electrons. The number of rotatable bonds is 4. The van der Waals surface area contributed by atoms with Gasteiger partial charge in [0, 0.05) is 10.3 Å². The monoisotopic (exact) mass is 319 g/mol. The van der Waals surface area contributed by atoms with E-state index in [-0.39, 0.29) is 15.8 Å². The van der Waals surface area contributed by atoms with Gasteiger partial charge >= 0.3 is 5.97 Å². The Kier molecular flexibility index (Phi) is 4.28. The third-order valence-corrected chi connectivity index (χ3v) is 4.67. The van der Waals surface area contributed by atoms with Gasteiger partial charge in [-0.15, -0.1) is 11.3 Å². The molecule has 8 heteroatoms. The van der Waals surface area contributed by atoms with E-state index in [1.165, 1.54) is 17.5 Å². The lowest BCUT2D eigenvalue weighted by Gasteiger charge is -2.01. The summed E-state index contributed by atoms with van der Waals surface area (Å²) in [5, 5.41) is 10.1. The minimum absolute atomic E-state index is 0.0517. The van der Waals surface area contributed by atoms with Crippen LogP contribution in [0, 0.1) is 5.82 Å². The van der Waals surface area contributed by atoms with Crippen molar-refractivity contribution in [2.75, 3.05) is 0 Å². The van der Waals surface area contributed by atoms with Gasteiger partial charge in [-0.3, -0.25) is 4.21 Å². The summed E-state index contributed by atoms with van der Waals surface area (Å²) >= 11 is 6.58. The van der Waals surface area contributed by atoms with Crippen molar-refractivity contribution in [3.63, 3.8) is 0 Å². The number of nitrogens with zero attached hydrogens (tertiary/aromatic N) is 1. The number of benzene rings is 1. The van der Waals surface area contributed by atoms with Crippen molar-refractivity contribution < 1.29 is 18.5 Å². The maximum Gasteiger partial charge on any atom is 0.365 e. The van der Waals surface area contributed by atoms with E-state index < -0.39 is 22.6 Å². The number of aromatic nitrogens is 1. The fraction of sp³-hybridized carbons (Fsp3) is 0.0909. The Balaban J connectivity index is 2.15. The molecular weight excluding hydrogens is 313 g/mol. The van der Waals surface area contributed by atoms with Crippen molar-refractivity contribution in [3.05, 3.63) is 45.1 Å². The number of hydrogen-bond donors (Lipinski definition) is 1. The topological polar surface area (TPSA) is 67.3 Å². The minimum atomic E-state index is -1.45. The molecule has 0 saturated carbocycles. The zero-order chi connectivity index (χ0) is 14.0. The fourth-order valence-corrected chi connectivity index (χ4v) is 3.37. The lowest BCUT2D eigenvalue weighted by atomic mass is 10.3. The Bertz CT molecular complexity index is 659. The summed E-state index contributed by atoms with van der Waals surface area (Å²) in [4.78, 5) is 14.9. The van der Waals surface area contributed by atoms with Gasteiger partial charge in [0.05, 0.1) is 27.3 Å². The molecule has 1 heterocycles. The molecule has 0 saturated heterocycles. The molecule has 0 bridgehead atoms. The number of carboxylic acids is 1. The van der Waals surface area contributed by atoms with E-state index in [9.17, 15) is 13.4 Å². The molecule has 0 amide bonds. The Labute approximate surface area is 119 Å². The lowest BCUT2D eigenvalue weighted by molar-refractivity contribution is 0.0696. The second-order valence-corrected chi connectivity index (χ2v) is 6.23. The Morgan fingerprint density at radius 2 is 2.26 bits per heavy atom. The zero-order valence-corrected chi connectivity index (χ0v) is 11.7. The van der Waals surface area contributed by atoms with Gasteiger partial charge in [0.15, 0.2) is 0 Å². The lowest BCUT2D eigenvalue weighted by Crippen LogP contribution is -1.99. The highest BCUT2D eigenvalue weighted by Crippen LogP contribution is 2.20. The van der Waals surface area contributed by atoms with Crippen LogP contribution in [0.15, 0.2) is 28.5 Å². The Hall–Kier alpha value is -1.31. The van der Waals surface area contributed by atoms with Crippen LogP contribution < -0.4 is 0 Å². The Morgan fingerprint density at radius 1 is 1.53 bits per heavy atom. The van der Waals surface area contributed by atoms with E-state index in [0.29, 0.717) is 10.6 Å². The highest BCUT2D eigenvalue weighted by atomic mass is 35.5. The summed E-state index contributed by atoms with van der Waals surface area (Å²) in [6.07, 6.45) is 0. The molecule has 1 unspecified atom stereocenters. The van der Waals surface area contributed by atoms with Gasteiger partial charge in [-0.05, 0) is 18.2 Å². The van der Waals surface area contributed by atoms with Gasteiger partial charge in [0.2, 0.25) is 5.01 Å². The fourth-order valence-electron chi connectivity index (χ4n) is 1.31. The third kappa shape index (κ3) is 3.37. The molecule has 0 spiro atoms. The first kappa shape index (κ1) is 14.1. The second kappa shape index (κ2) is 5.77. The van der Waals surface area contributed by atoms with Gasteiger partial charge in [0.25, 0.3) is 0 Å². The average Bonchev–Trinajstić information content (AvgIpc) is 2.81. The van der Waals surface area contributed by atoms with Crippen LogP contribution in [0.5, 0.6) is 0 Å². The third-order valence-electron chi connectivity index (χ3n) is 2.17. The molecule has 0 aliphatic rings. The highest BCUT2D eigenvalue weighted by Gasteiger charge is 2.13. The average molecular weight is 320 g/mol. The van der Waals surface area contributed by atoms with Gasteiger partial charge in [0.1, 0.15) is 5.82 Å². The molecule has 2 aromatic rings. The van der Waals surface area contributed by atoms with Gasteiger partial charge in [-0.1, -0.05) is 11.6 Å². The summed E-state index contributed by atoms with van der Waals surface area (Å²) in [6, 6.07) is 3.80. The minimum Gasteiger partial charge on any atom is -0.476 e. The van der Waals surface area contributed by atoms with Crippen LogP contribution in [0.25, 0.3) is 0 Å². The van der Waals surface area contributed by atoms with Crippen LogP contribution in [0.3, 0.4) is 0 Å². The molecule has 0 fully saturated rings. The van der Waals surface area contributed by atoms with E-state index >= 15 is 0 Å². The molecule has 2 rings (SSSR count). The molecule has 1 aromatic carbocycles. The van der Waals surface area contributed by atoms with Gasteiger partial charge in [-0.2, -0.15) is 0 Å². The summed E-state index contributed by atoms with van der Waals surface area (Å²) in [7, 11) is -1.45. The molecule has 0 radical (unpaired) electrons. The molecule has 19 heavy (non-hydrogen) atoms. The van der Waals surface area contributed by atoms with Crippen LogP contribution in [0.4, 0.5) is 4.39 Å². The largest absolute Gasteiger partial charge is 0.476 e.